The van der Waals surface area contributed by atoms with Crippen molar-refractivity contribution in [3.05, 3.63) is 45.8 Å². The third kappa shape index (κ3) is 2.89. The molecule has 0 radical (unpaired) electrons. The van der Waals surface area contributed by atoms with Crippen LogP contribution in [-0.2, 0) is 11.3 Å². The summed E-state index contributed by atoms with van der Waals surface area (Å²) in [4.78, 5) is 11.7. The number of carbonyl (C=O) groups excluding carboxylic acids is 1. The van der Waals surface area contributed by atoms with E-state index in [0.717, 1.165) is 0 Å². The first-order chi connectivity index (χ1) is 8.56. The molecule has 0 spiro atoms. The molecule has 0 unspecified atom stereocenters. The topological polar surface area (TPSA) is 72.6 Å². The Hall–Kier alpha value is -1.82. The van der Waals surface area contributed by atoms with E-state index in [1.807, 2.05) is 0 Å². The summed E-state index contributed by atoms with van der Waals surface area (Å²) >= 11 is 3.22. The lowest BCUT2D eigenvalue weighted by molar-refractivity contribution is 0.0461. The summed E-state index contributed by atoms with van der Waals surface area (Å²) in [6.07, 6.45) is 0. The Bertz CT molecular complexity index is 579. The number of benzene rings is 1. The normalized spacial score (nSPS) is 10.3. The van der Waals surface area contributed by atoms with Gasteiger partial charge in [-0.05, 0) is 25.1 Å². The molecule has 2 rings (SSSR count). The highest BCUT2D eigenvalue weighted by Crippen LogP contribution is 2.22. The molecule has 1 heterocycles. The molecule has 18 heavy (non-hydrogen) atoms. The molecule has 0 bridgehead atoms. The third-order valence-electron chi connectivity index (χ3n) is 2.21. The van der Waals surface area contributed by atoms with Crippen LogP contribution in [0.15, 0.2) is 33.3 Å². The van der Waals surface area contributed by atoms with Gasteiger partial charge in [-0.1, -0.05) is 21.1 Å². The van der Waals surface area contributed by atoms with Crippen LogP contribution >= 0.6 is 15.9 Å². The number of phenolic OH excluding ortho intramolecular Hbond substituents is 1. The molecule has 5 nitrogen and oxygen atoms in total. The van der Waals surface area contributed by atoms with Gasteiger partial charge in [-0.15, -0.1) is 0 Å². The van der Waals surface area contributed by atoms with Crippen LogP contribution in [0.5, 0.6) is 5.75 Å². The number of aromatic hydroxyl groups is 1. The van der Waals surface area contributed by atoms with Crippen LogP contribution in [0.25, 0.3) is 0 Å². The number of carbonyl (C=O) groups is 1. The Kier molecular flexibility index (Phi) is 3.66. The zero-order valence-corrected chi connectivity index (χ0v) is 11.1. The lowest BCUT2D eigenvalue weighted by atomic mass is 10.2. The van der Waals surface area contributed by atoms with Crippen molar-refractivity contribution in [2.24, 2.45) is 0 Å². The van der Waals surface area contributed by atoms with Crippen molar-refractivity contribution in [2.45, 2.75) is 13.5 Å². The van der Waals surface area contributed by atoms with Crippen molar-refractivity contribution in [1.29, 1.82) is 0 Å². The molecule has 6 heteroatoms. The molecule has 0 amide bonds. The number of rotatable bonds is 3. The van der Waals surface area contributed by atoms with Crippen molar-refractivity contribution in [3.63, 3.8) is 0 Å². The summed E-state index contributed by atoms with van der Waals surface area (Å²) in [6, 6.07) is 6.22. The minimum absolute atomic E-state index is 0.00211. The summed E-state index contributed by atoms with van der Waals surface area (Å²) in [7, 11) is 0. The van der Waals surface area contributed by atoms with Crippen molar-refractivity contribution in [2.75, 3.05) is 0 Å². The number of hydrogen-bond acceptors (Lipinski definition) is 5. The third-order valence-corrected chi connectivity index (χ3v) is 2.70. The van der Waals surface area contributed by atoms with Gasteiger partial charge in [0.2, 0.25) is 0 Å². The number of nitrogens with zero attached hydrogens (tertiary/aromatic N) is 1. The zero-order chi connectivity index (χ0) is 13.1. The van der Waals surface area contributed by atoms with E-state index in [4.69, 9.17) is 9.26 Å². The molecular formula is C12H10BrNO4. The summed E-state index contributed by atoms with van der Waals surface area (Å²) in [6.45, 7) is 1.75. The summed E-state index contributed by atoms with van der Waals surface area (Å²) in [5.74, 6) is -0.0969. The van der Waals surface area contributed by atoms with Crippen molar-refractivity contribution >= 4 is 21.9 Å². The molecule has 0 saturated carbocycles. The Morgan fingerprint density at radius 1 is 1.50 bits per heavy atom. The Morgan fingerprint density at radius 2 is 2.28 bits per heavy atom. The molecule has 0 aliphatic rings. The maximum atomic E-state index is 11.7. The Labute approximate surface area is 111 Å². The number of aryl methyl sites for hydroxylation is 1. The van der Waals surface area contributed by atoms with E-state index in [0.29, 0.717) is 15.9 Å². The van der Waals surface area contributed by atoms with Gasteiger partial charge in [0.15, 0.2) is 0 Å². The predicted molar refractivity (Wildman–Crippen MR) is 66.2 cm³/mol. The van der Waals surface area contributed by atoms with Gasteiger partial charge in [0.1, 0.15) is 29.4 Å². The van der Waals surface area contributed by atoms with Crippen LogP contribution in [0.4, 0.5) is 0 Å². The van der Waals surface area contributed by atoms with Gasteiger partial charge >= 0.3 is 5.97 Å². The highest BCUT2D eigenvalue weighted by atomic mass is 79.9. The fourth-order valence-electron chi connectivity index (χ4n) is 1.37. The number of hydrogen-bond donors (Lipinski definition) is 1. The first-order valence-electron chi connectivity index (χ1n) is 5.14. The molecule has 0 aliphatic heterocycles. The van der Waals surface area contributed by atoms with Crippen LogP contribution in [0, 0.1) is 6.92 Å². The second-order valence-corrected chi connectivity index (χ2v) is 4.58. The van der Waals surface area contributed by atoms with Crippen LogP contribution in [0.3, 0.4) is 0 Å². The molecule has 2 aromatic rings. The molecule has 1 N–H and O–H groups in total. The number of phenols is 1. The highest BCUT2D eigenvalue weighted by Gasteiger charge is 2.14. The molecule has 0 atom stereocenters. The van der Waals surface area contributed by atoms with Gasteiger partial charge in [0.25, 0.3) is 0 Å². The molecule has 0 aliphatic carbocycles. The minimum Gasteiger partial charge on any atom is -0.507 e. The maximum Gasteiger partial charge on any atom is 0.342 e. The van der Waals surface area contributed by atoms with Crippen LogP contribution < -0.4 is 0 Å². The van der Waals surface area contributed by atoms with Crippen molar-refractivity contribution in [1.82, 2.24) is 5.16 Å². The molecule has 1 aromatic heterocycles. The summed E-state index contributed by atoms with van der Waals surface area (Å²) in [5, 5.41) is 13.2. The molecule has 1 aromatic carbocycles. The fraction of sp³-hybridized carbons (Fsp3) is 0.167. The van der Waals surface area contributed by atoms with E-state index in [2.05, 4.69) is 21.1 Å². The standard InChI is InChI=1S/C12H10BrNO4/c1-7-4-9(14-18-7)6-17-12(16)10-5-8(13)2-3-11(10)15/h2-5,15H,6H2,1H3. The first-order valence-corrected chi connectivity index (χ1v) is 5.93. The predicted octanol–water partition coefficient (Wildman–Crippen LogP) is 2.81. The highest BCUT2D eigenvalue weighted by molar-refractivity contribution is 9.10. The van der Waals surface area contributed by atoms with Gasteiger partial charge in [-0.25, -0.2) is 4.79 Å². The fourth-order valence-corrected chi connectivity index (χ4v) is 1.74. The van der Waals surface area contributed by atoms with Gasteiger partial charge in [0, 0.05) is 10.5 Å². The second-order valence-electron chi connectivity index (χ2n) is 3.67. The smallest absolute Gasteiger partial charge is 0.342 e. The molecule has 0 saturated heterocycles. The quantitative estimate of drug-likeness (QED) is 0.882. The van der Waals surface area contributed by atoms with Crippen LogP contribution in [-0.4, -0.2) is 16.2 Å². The van der Waals surface area contributed by atoms with Crippen molar-refractivity contribution in [3.8, 4) is 5.75 Å². The Balaban J connectivity index is 2.05. The van der Waals surface area contributed by atoms with E-state index in [9.17, 15) is 9.90 Å². The largest absolute Gasteiger partial charge is 0.507 e. The SMILES string of the molecule is Cc1cc(COC(=O)c2cc(Br)ccc2O)no1. The minimum atomic E-state index is -0.616. The van der Waals surface area contributed by atoms with Crippen molar-refractivity contribution < 1.29 is 19.2 Å². The number of halogens is 1. The number of esters is 1. The number of ether oxygens (including phenoxy) is 1. The van der Waals surface area contributed by atoms with Gasteiger partial charge in [0.05, 0.1) is 0 Å². The summed E-state index contributed by atoms with van der Waals surface area (Å²) < 4.78 is 10.6. The van der Waals surface area contributed by atoms with E-state index in [1.54, 1.807) is 19.1 Å². The van der Waals surface area contributed by atoms with Gasteiger partial charge in [-0.2, -0.15) is 0 Å². The average molecular weight is 312 g/mol. The van der Waals surface area contributed by atoms with E-state index in [-0.39, 0.29) is 17.9 Å². The number of aromatic nitrogens is 1. The monoisotopic (exact) mass is 311 g/mol. The average Bonchev–Trinajstić information content (AvgIpc) is 2.75. The Morgan fingerprint density at radius 3 is 2.94 bits per heavy atom. The first kappa shape index (κ1) is 12.6. The molecule has 0 fully saturated rings. The van der Waals surface area contributed by atoms with Crippen LogP contribution in [0.2, 0.25) is 0 Å². The van der Waals surface area contributed by atoms with Crippen LogP contribution in [0.1, 0.15) is 21.8 Å². The van der Waals surface area contributed by atoms with Gasteiger partial charge < -0.3 is 14.4 Å². The van der Waals surface area contributed by atoms with E-state index >= 15 is 0 Å². The van der Waals surface area contributed by atoms with Gasteiger partial charge in [-0.3, -0.25) is 0 Å². The molecular weight excluding hydrogens is 302 g/mol. The van der Waals surface area contributed by atoms with E-state index in [1.165, 1.54) is 12.1 Å². The lowest BCUT2D eigenvalue weighted by Gasteiger charge is -2.05. The molecule has 94 valence electrons. The lowest BCUT2D eigenvalue weighted by Crippen LogP contribution is -2.05. The zero-order valence-electron chi connectivity index (χ0n) is 9.51. The maximum absolute atomic E-state index is 11.7. The van der Waals surface area contributed by atoms with E-state index < -0.39 is 5.97 Å². The second kappa shape index (κ2) is 5.22. The summed E-state index contributed by atoms with van der Waals surface area (Å²) in [5.41, 5.74) is 0.625.